The van der Waals surface area contributed by atoms with Crippen molar-refractivity contribution in [2.45, 2.75) is 58.5 Å². The van der Waals surface area contributed by atoms with Crippen LogP contribution in [0.1, 0.15) is 64.2 Å². The first-order valence-electron chi connectivity index (χ1n) is 7.45. The van der Waals surface area contributed by atoms with E-state index < -0.39 is 0 Å². The summed E-state index contributed by atoms with van der Waals surface area (Å²) in [4.78, 5) is 0. The smallest absolute Gasteiger partial charge is 0.161 e. The van der Waals surface area contributed by atoms with Crippen LogP contribution in [0.4, 0.5) is 0 Å². The van der Waals surface area contributed by atoms with Gasteiger partial charge in [0, 0.05) is 6.04 Å². The van der Waals surface area contributed by atoms with Gasteiger partial charge in [-0.05, 0) is 38.5 Å². The average Bonchev–Trinajstić information content (AvgIpc) is 3.03. The highest BCUT2D eigenvalue weighted by atomic mass is 16.5. The van der Waals surface area contributed by atoms with Crippen molar-refractivity contribution in [2.75, 3.05) is 7.11 Å². The Morgan fingerprint density at radius 3 is 2.74 bits per heavy atom. The van der Waals surface area contributed by atoms with Crippen molar-refractivity contribution in [3.8, 4) is 5.75 Å². The zero-order valence-electron chi connectivity index (χ0n) is 12.6. The Kier molecular flexibility index (Phi) is 4.50. The van der Waals surface area contributed by atoms with Gasteiger partial charge in [0.25, 0.3) is 0 Å². The molecule has 1 aliphatic rings. The van der Waals surface area contributed by atoms with Crippen molar-refractivity contribution in [2.24, 2.45) is 17.6 Å². The first-order valence-corrected chi connectivity index (χ1v) is 7.45. The molecule has 0 saturated heterocycles. The average molecular weight is 265 g/mol. The minimum absolute atomic E-state index is 0.0383. The van der Waals surface area contributed by atoms with Gasteiger partial charge in [0.2, 0.25) is 0 Å². The van der Waals surface area contributed by atoms with Gasteiger partial charge in [-0.25, -0.2) is 0 Å². The monoisotopic (exact) mass is 265 g/mol. The van der Waals surface area contributed by atoms with E-state index in [-0.39, 0.29) is 6.04 Å². The molecule has 19 heavy (non-hydrogen) atoms. The highest BCUT2D eigenvalue weighted by molar-refractivity contribution is 5.29. The second-order valence-electron chi connectivity index (χ2n) is 6.01. The number of aromatic nitrogens is 2. The molecule has 0 bridgehead atoms. The van der Waals surface area contributed by atoms with Crippen LogP contribution < -0.4 is 10.5 Å². The van der Waals surface area contributed by atoms with E-state index >= 15 is 0 Å². The van der Waals surface area contributed by atoms with E-state index in [2.05, 4.69) is 25.9 Å². The van der Waals surface area contributed by atoms with Gasteiger partial charge >= 0.3 is 0 Å². The normalized spacial score (nSPS) is 24.9. The fourth-order valence-electron chi connectivity index (χ4n) is 3.28. The summed E-state index contributed by atoms with van der Waals surface area (Å²) in [6.07, 6.45) is 6.84. The van der Waals surface area contributed by atoms with Crippen LogP contribution in [0.3, 0.4) is 0 Å². The summed E-state index contributed by atoms with van der Waals surface area (Å²) in [7, 11) is 1.70. The third-order valence-electron chi connectivity index (χ3n) is 4.49. The Labute approximate surface area is 116 Å². The lowest BCUT2D eigenvalue weighted by Gasteiger charge is -2.23. The number of ether oxygens (including phenoxy) is 1. The molecule has 0 amide bonds. The molecule has 0 spiro atoms. The molecule has 108 valence electrons. The predicted molar refractivity (Wildman–Crippen MR) is 77.2 cm³/mol. The maximum Gasteiger partial charge on any atom is 0.161 e. The Balaban J connectivity index is 2.22. The van der Waals surface area contributed by atoms with Gasteiger partial charge in [0.1, 0.15) is 0 Å². The van der Waals surface area contributed by atoms with Crippen LogP contribution in [0.15, 0.2) is 6.20 Å². The summed E-state index contributed by atoms with van der Waals surface area (Å²) in [6, 6.07) is 0.352. The highest BCUT2D eigenvalue weighted by Crippen LogP contribution is 2.41. The molecule has 0 radical (unpaired) electrons. The first-order chi connectivity index (χ1) is 9.08. The van der Waals surface area contributed by atoms with E-state index in [4.69, 9.17) is 10.5 Å². The summed E-state index contributed by atoms with van der Waals surface area (Å²) < 4.78 is 7.46. The van der Waals surface area contributed by atoms with Gasteiger partial charge in [-0.1, -0.05) is 19.8 Å². The summed E-state index contributed by atoms with van der Waals surface area (Å²) in [5, 5.41) is 4.43. The molecule has 4 heteroatoms. The SMILES string of the molecule is CCC1CCC(C(N)c2c(OC)cnn2C(C)C)C1. The minimum atomic E-state index is 0.0383. The number of nitrogens with two attached hydrogens (primary N) is 1. The molecule has 0 aromatic carbocycles. The minimum Gasteiger partial charge on any atom is -0.493 e. The Bertz CT molecular complexity index is 414. The first kappa shape index (κ1) is 14.4. The summed E-state index contributed by atoms with van der Waals surface area (Å²) in [5.74, 6) is 2.24. The largest absolute Gasteiger partial charge is 0.493 e. The molecule has 1 fully saturated rings. The van der Waals surface area contributed by atoms with Crippen molar-refractivity contribution in [3.05, 3.63) is 11.9 Å². The number of hydrogen-bond acceptors (Lipinski definition) is 3. The van der Waals surface area contributed by atoms with Crippen molar-refractivity contribution in [1.29, 1.82) is 0 Å². The maximum atomic E-state index is 6.54. The molecule has 3 atom stereocenters. The molecule has 1 saturated carbocycles. The zero-order valence-corrected chi connectivity index (χ0v) is 12.6. The quantitative estimate of drug-likeness (QED) is 0.888. The van der Waals surface area contributed by atoms with Gasteiger partial charge in [0.15, 0.2) is 5.75 Å². The van der Waals surface area contributed by atoms with Crippen molar-refractivity contribution in [3.63, 3.8) is 0 Å². The number of nitrogens with zero attached hydrogens (tertiary/aromatic N) is 2. The number of rotatable bonds is 5. The van der Waals surface area contributed by atoms with E-state index in [0.717, 1.165) is 17.4 Å². The predicted octanol–water partition coefficient (Wildman–Crippen LogP) is 3.30. The van der Waals surface area contributed by atoms with Gasteiger partial charge in [0.05, 0.1) is 25.0 Å². The summed E-state index contributed by atoms with van der Waals surface area (Å²) in [6.45, 7) is 6.54. The molecule has 4 nitrogen and oxygen atoms in total. The molecule has 1 heterocycles. The third kappa shape index (κ3) is 2.78. The third-order valence-corrected chi connectivity index (χ3v) is 4.49. The fraction of sp³-hybridized carbons (Fsp3) is 0.800. The van der Waals surface area contributed by atoms with E-state index in [9.17, 15) is 0 Å². The highest BCUT2D eigenvalue weighted by Gasteiger charge is 2.32. The van der Waals surface area contributed by atoms with E-state index in [0.29, 0.717) is 12.0 Å². The van der Waals surface area contributed by atoms with E-state index in [1.165, 1.54) is 25.7 Å². The van der Waals surface area contributed by atoms with Crippen molar-refractivity contribution < 1.29 is 4.74 Å². The Morgan fingerprint density at radius 2 is 2.21 bits per heavy atom. The lowest BCUT2D eigenvalue weighted by atomic mass is 9.93. The van der Waals surface area contributed by atoms with Crippen LogP contribution in [-0.4, -0.2) is 16.9 Å². The molecule has 1 aromatic rings. The van der Waals surface area contributed by atoms with Crippen LogP contribution in [0, 0.1) is 11.8 Å². The molecule has 0 aliphatic heterocycles. The van der Waals surface area contributed by atoms with Crippen LogP contribution in [0.2, 0.25) is 0 Å². The molecule has 2 N–H and O–H groups in total. The molecule has 1 aromatic heterocycles. The standard InChI is InChI=1S/C15H27N3O/c1-5-11-6-7-12(8-11)14(16)15-13(19-4)9-17-18(15)10(2)3/h9-12,14H,5-8,16H2,1-4H3. The van der Waals surface area contributed by atoms with Crippen LogP contribution in [-0.2, 0) is 0 Å². The molecular weight excluding hydrogens is 238 g/mol. The maximum absolute atomic E-state index is 6.54. The van der Waals surface area contributed by atoms with Gasteiger partial charge < -0.3 is 10.5 Å². The van der Waals surface area contributed by atoms with Crippen LogP contribution >= 0.6 is 0 Å². The van der Waals surface area contributed by atoms with Crippen LogP contribution in [0.5, 0.6) is 5.75 Å². The van der Waals surface area contributed by atoms with E-state index in [1.807, 2.05) is 4.68 Å². The second kappa shape index (κ2) is 5.95. The fourth-order valence-corrected chi connectivity index (χ4v) is 3.28. The lowest BCUT2D eigenvalue weighted by Crippen LogP contribution is -2.24. The van der Waals surface area contributed by atoms with Gasteiger partial charge in [-0.3, -0.25) is 4.68 Å². The Morgan fingerprint density at radius 1 is 1.47 bits per heavy atom. The summed E-state index contributed by atoms with van der Waals surface area (Å²) in [5.41, 5.74) is 7.60. The molecule has 3 unspecified atom stereocenters. The van der Waals surface area contributed by atoms with E-state index in [1.54, 1.807) is 13.3 Å². The van der Waals surface area contributed by atoms with Crippen LogP contribution in [0.25, 0.3) is 0 Å². The number of methoxy groups -OCH3 is 1. The number of hydrogen-bond donors (Lipinski definition) is 1. The van der Waals surface area contributed by atoms with Gasteiger partial charge in [-0.2, -0.15) is 5.10 Å². The lowest BCUT2D eigenvalue weighted by molar-refractivity contribution is 0.355. The zero-order chi connectivity index (χ0) is 14.0. The van der Waals surface area contributed by atoms with Crippen molar-refractivity contribution >= 4 is 0 Å². The van der Waals surface area contributed by atoms with Crippen molar-refractivity contribution in [1.82, 2.24) is 9.78 Å². The molecular formula is C15H27N3O. The topological polar surface area (TPSA) is 53.1 Å². The second-order valence-corrected chi connectivity index (χ2v) is 6.01. The van der Waals surface area contributed by atoms with Gasteiger partial charge in [-0.15, -0.1) is 0 Å². The molecule has 1 aliphatic carbocycles. The Hall–Kier alpha value is -1.03. The molecule has 2 rings (SSSR count). The summed E-state index contributed by atoms with van der Waals surface area (Å²) >= 11 is 0.